The highest BCUT2D eigenvalue weighted by Crippen LogP contribution is 2.31. The number of nitrogens with one attached hydrogen (secondary N) is 1. The second kappa shape index (κ2) is 5.75. The van der Waals surface area contributed by atoms with Gasteiger partial charge in [0.15, 0.2) is 0 Å². The van der Waals surface area contributed by atoms with Gasteiger partial charge >= 0.3 is 0 Å². The fourth-order valence-corrected chi connectivity index (χ4v) is 3.82. The van der Waals surface area contributed by atoms with Crippen molar-refractivity contribution in [3.8, 4) is 0 Å². The number of hydrogen-bond donors (Lipinski definition) is 1. The van der Waals surface area contributed by atoms with Crippen LogP contribution >= 0.6 is 11.3 Å². The highest BCUT2D eigenvalue weighted by atomic mass is 32.1. The van der Waals surface area contributed by atoms with Crippen molar-refractivity contribution in [2.24, 2.45) is 11.8 Å². The quantitative estimate of drug-likeness (QED) is 0.841. The van der Waals surface area contributed by atoms with E-state index in [-0.39, 0.29) is 0 Å². The van der Waals surface area contributed by atoms with Crippen LogP contribution in [-0.2, 0) is 12.0 Å². The maximum Gasteiger partial charge on any atom is 0.0299 e. The van der Waals surface area contributed by atoms with Crippen molar-refractivity contribution in [2.45, 2.75) is 58.9 Å². The standard InChI is InChI=1S/C16H27NS/c1-12-6-5-7-13(12)10-17-11-14-8-9-15(18-14)16(2,3)4/h8-9,12-13,17H,5-7,10-11H2,1-4H3. The van der Waals surface area contributed by atoms with Gasteiger partial charge in [-0.3, -0.25) is 0 Å². The van der Waals surface area contributed by atoms with Crippen molar-refractivity contribution in [2.75, 3.05) is 6.54 Å². The molecule has 0 bridgehead atoms. The summed E-state index contributed by atoms with van der Waals surface area (Å²) in [7, 11) is 0. The summed E-state index contributed by atoms with van der Waals surface area (Å²) in [6.45, 7) is 11.5. The molecule has 2 unspecified atom stereocenters. The van der Waals surface area contributed by atoms with Crippen molar-refractivity contribution in [3.05, 3.63) is 21.9 Å². The third-order valence-electron chi connectivity index (χ3n) is 4.15. The summed E-state index contributed by atoms with van der Waals surface area (Å²) in [5, 5.41) is 3.65. The zero-order chi connectivity index (χ0) is 13.2. The Morgan fingerprint density at radius 2 is 2.06 bits per heavy atom. The Morgan fingerprint density at radius 1 is 1.28 bits per heavy atom. The van der Waals surface area contributed by atoms with Crippen LogP contribution in [-0.4, -0.2) is 6.54 Å². The molecular weight excluding hydrogens is 238 g/mol. The van der Waals surface area contributed by atoms with E-state index >= 15 is 0 Å². The second-order valence-corrected chi connectivity index (χ2v) is 7.98. The smallest absolute Gasteiger partial charge is 0.0299 e. The van der Waals surface area contributed by atoms with E-state index in [4.69, 9.17) is 0 Å². The minimum absolute atomic E-state index is 0.295. The van der Waals surface area contributed by atoms with Crippen LogP contribution in [0.2, 0.25) is 0 Å². The molecule has 2 atom stereocenters. The SMILES string of the molecule is CC1CCCC1CNCc1ccc(C(C)(C)C)s1. The van der Waals surface area contributed by atoms with E-state index in [1.54, 1.807) is 0 Å². The van der Waals surface area contributed by atoms with Gasteiger partial charge in [0.1, 0.15) is 0 Å². The van der Waals surface area contributed by atoms with Gasteiger partial charge in [0, 0.05) is 16.3 Å². The number of thiophene rings is 1. The maximum absolute atomic E-state index is 3.65. The molecule has 1 aliphatic carbocycles. The molecule has 2 heteroatoms. The third kappa shape index (κ3) is 3.58. The lowest BCUT2D eigenvalue weighted by molar-refractivity contribution is 0.392. The van der Waals surface area contributed by atoms with Gasteiger partial charge in [-0.05, 0) is 42.3 Å². The maximum atomic E-state index is 3.65. The third-order valence-corrected chi connectivity index (χ3v) is 5.66. The van der Waals surface area contributed by atoms with E-state index in [0.29, 0.717) is 5.41 Å². The molecule has 2 rings (SSSR count). The molecule has 1 aromatic rings. The van der Waals surface area contributed by atoms with Crippen molar-refractivity contribution in [3.63, 3.8) is 0 Å². The lowest BCUT2D eigenvalue weighted by Gasteiger charge is -2.16. The van der Waals surface area contributed by atoms with Gasteiger partial charge in [-0.15, -0.1) is 11.3 Å². The number of rotatable bonds is 4. The van der Waals surface area contributed by atoms with Crippen LogP contribution in [0.25, 0.3) is 0 Å². The first-order valence-corrected chi connectivity index (χ1v) is 8.08. The Bertz CT molecular complexity index is 375. The van der Waals surface area contributed by atoms with E-state index in [0.717, 1.165) is 18.4 Å². The van der Waals surface area contributed by atoms with E-state index in [1.807, 2.05) is 11.3 Å². The molecule has 102 valence electrons. The average Bonchev–Trinajstić information content (AvgIpc) is 2.88. The first-order chi connectivity index (χ1) is 8.47. The van der Waals surface area contributed by atoms with Gasteiger partial charge in [0.05, 0.1) is 0 Å². The van der Waals surface area contributed by atoms with E-state index in [2.05, 4.69) is 45.1 Å². The lowest BCUT2D eigenvalue weighted by atomic mass is 9.95. The Morgan fingerprint density at radius 3 is 2.61 bits per heavy atom. The number of hydrogen-bond acceptors (Lipinski definition) is 2. The van der Waals surface area contributed by atoms with Crippen LogP contribution in [0.3, 0.4) is 0 Å². The van der Waals surface area contributed by atoms with Crippen molar-refractivity contribution in [1.29, 1.82) is 0 Å². The molecule has 0 saturated heterocycles. The van der Waals surface area contributed by atoms with Gasteiger partial charge in [-0.25, -0.2) is 0 Å². The molecule has 1 N–H and O–H groups in total. The molecule has 1 heterocycles. The molecular formula is C16H27NS. The fourth-order valence-electron chi connectivity index (χ4n) is 2.78. The topological polar surface area (TPSA) is 12.0 Å². The molecule has 1 nitrogen and oxygen atoms in total. The first kappa shape index (κ1) is 14.1. The largest absolute Gasteiger partial charge is 0.312 e. The predicted octanol–water partition coefficient (Wildman–Crippen LogP) is 4.57. The summed E-state index contributed by atoms with van der Waals surface area (Å²) in [5.74, 6) is 1.83. The summed E-state index contributed by atoms with van der Waals surface area (Å²) < 4.78 is 0. The minimum Gasteiger partial charge on any atom is -0.312 e. The van der Waals surface area contributed by atoms with Crippen LogP contribution in [0.4, 0.5) is 0 Å². The molecule has 0 amide bonds. The molecule has 18 heavy (non-hydrogen) atoms. The Kier molecular flexibility index (Phi) is 4.50. The highest BCUT2D eigenvalue weighted by molar-refractivity contribution is 7.12. The zero-order valence-corrected chi connectivity index (χ0v) is 13.1. The van der Waals surface area contributed by atoms with Gasteiger partial charge in [-0.2, -0.15) is 0 Å². The first-order valence-electron chi connectivity index (χ1n) is 7.27. The van der Waals surface area contributed by atoms with E-state index < -0.39 is 0 Å². The summed E-state index contributed by atoms with van der Waals surface area (Å²) >= 11 is 1.96. The second-order valence-electron chi connectivity index (χ2n) is 6.82. The van der Waals surface area contributed by atoms with E-state index in [1.165, 1.54) is 35.6 Å². The van der Waals surface area contributed by atoms with Crippen molar-refractivity contribution >= 4 is 11.3 Å². The van der Waals surface area contributed by atoms with Crippen LogP contribution in [0.15, 0.2) is 12.1 Å². The molecule has 0 radical (unpaired) electrons. The average molecular weight is 265 g/mol. The van der Waals surface area contributed by atoms with Gasteiger partial charge in [-0.1, -0.05) is 40.5 Å². The molecule has 1 saturated carbocycles. The van der Waals surface area contributed by atoms with Crippen LogP contribution in [0, 0.1) is 11.8 Å². The molecule has 0 aromatic carbocycles. The summed E-state index contributed by atoms with van der Waals surface area (Å²) in [5.41, 5.74) is 0.295. The van der Waals surface area contributed by atoms with Crippen LogP contribution in [0.5, 0.6) is 0 Å². The van der Waals surface area contributed by atoms with Gasteiger partial charge < -0.3 is 5.32 Å². The summed E-state index contributed by atoms with van der Waals surface area (Å²) in [6.07, 6.45) is 4.28. The molecule has 1 fully saturated rings. The molecule has 1 aromatic heterocycles. The molecule has 1 aliphatic rings. The highest BCUT2D eigenvalue weighted by Gasteiger charge is 2.22. The zero-order valence-electron chi connectivity index (χ0n) is 12.3. The van der Waals surface area contributed by atoms with Gasteiger partial charge in [0.2, 0.25) is 0 Å². The predicted molar refractivity (Wildman–Crippen MR) is 81.2 cm³/mol. The lowest BCUT2D eigenvalue weighted by Crippen LogP contribution is -2.23. The summed E-state index contributed by atoms with van der Waals surface area (Å²) in [4.78, 5) is 2.97. The van der Waals surface area contributed by atoms with Crippen LogP contribution in [0.1, 0.15) is 56.7 Å². The summed E-state index contributed by atoms with van der Waals surface area (Å²) in [6, 6.07) is 4.58. The monoisotopic (exact) mass is 265 g/mol. The van der Waals surface area contributed by atoms with Gasteiger partial charge in [0.25, 0.3) is 0 Å². The van der Waals surface area contributed by atoms with Crippen molar-refractivity contribution in [1.82, 2.24) is 5.32 Å². The molecule has 0 spiro atoms. The minimum atomic E-state index is 0.295. The molecule has 0 aliphatic heterocycles. The Hall–Kier alpha value is -0.340. The Balaban J connectivity index is 1.78. The van der Waals surface area contributed by atoms with E-state index in [9.17, 15) is 0 Å². The fraction of sp³-hybridized carbons (Fsp3) is 0.750. The normalized spacial score (nSPS) is 24.7. The van der Waals surface area contributed by atoms with Crippen molar-refractivity contribution < 1.29 is 0 Å². The van der Waals surface area contributed by atoms with Crippen LogP contribution < -0.4 is 5.32 Å². The Labute approximate surface area is 116 Å².